The lowest BCUT2D eigenvalue weighted by molar-refractivity contribution is 0.372. The van der Waals surface area contributed by atoms with E-state index in [9.17, 15) is 8.42 Å². The van der Waals surface area contributed by atoms with Crippen LogP contribution in [0.25, 0.3) is 0 Å². The highest BCUT2D eigenvalue weighted by Gasteiger charge is 2.30. The fourth-order valence-electron chi connectivity index (χ4n) is 2.92. The van der Waals surface area contributed by atoms with E-state index in [4.69, 9.17) is 0 Å². The summed E-state index contributed by atoms with van der Waals surface area (Å²) in [6, 6.07) is 5.87. The molecule has 5 heteroatoms. The quantitative estimate of drug-likeness (QED) is 0.879. The average Bonchev–Trinajstić information content (AvgIpc) is 2.99. The van der Waals surface area contributed by atoms with Gasteiger partial charge in [-0.3, -0.25) is 0 Å². The van der Waals surface area contributed by atoms with E-state index in [2.05, 4.69) is 5.32 Å². The van der Waals surface area contributed by atoms with Gasteiger partial charge < -0.3 is 5.32 Å². The highest BCUT2D eigenvalue weighted by molar-refractivity contribution is 7.89. The molecule has 1 N–H and O–H groups in total. The molecule has 1 aliphatic rings. The molecule has 0 amide bonds. The van der Waals surface area contributed by atoms with Crippen molar-refractivity contribution in [3.8, 4) is 0 Å². The van der Waals surface area contributed by atoms with E-state index >= 15 is 0 Å². The number of hydrogen-bond donors (Lipinski definition) is 1. The summed E-state index contributed by atoms with van der Waals surface area (Å²) < 4.78 is 27.3. The van der Waals surface area contributed by atoms with Crippen molar-refractivity contribution in [2.75, 3.05) is 13.6 Å². The lowest BCUT2D eigenvalue weighted by atomic mass is 10.1. The van der Waals surface area contributed by atoms with Gasteiger partial charge in [-0.05, 0) is 43.5 Å². The second-order valence-corrected chi connectivity index (χ2v) is 7.81. The van der Waals surface area contributed by atoms with Gasteiger partial charge >= 0.3 is 0 Å². The second kappa shape index (κ2) is 6.90. The fourth-order valence-corrected chi connectivity index (χ4v) is 4.61. The molecule has 0 aliphatic heterocycles. The molecule has 0 aromatic heterocycles. The van der Waals surface area contributed by atoms with Crippen LogP contribution in [0.4, 0.5) is 0 Å². The zero-order valence-corrected chi connectivity index (χ0v) is 14.0. The Kier molecular flexibility index (Phi) is 5.41. The van der Waals surface area contributed by atoms with E-state index in [1.165, 1.54) is 0 Å². The maximum absolute atomic E-state index is 12.9. The van der Waals surface area contributed by atoms with Gasteiger partial charge in [0.15, 0.2) is 0 Å². The van der Waals surface area contributed by atoms with Gasteiger partial charge in [-0.15, -0.1) is 0 Å². The normalized spacial score (nSPS) is 16.8. The Labute approximate surface area is 128 Å². The van der Waals surface area contributed by atoms with E-state index in [0.717, 1.165) is 43.4 Å². The Balaban J connectivity index is 2.29. The molecule has 1 aromatic carbocycles. The number of nitrogens with zero attached hydrogens (tertiary/aromatic N) is 1. The lowest BCUT2D eigenvalue weighted by Crippen LogP contribution is -2.35. The Morgan fingerprint density at radius 3 is 2.57 bits per heavy atom. The largest absolute Gasteiger partial charge is 0.313 e. The minimum absolute atomic E-state index is 0.159. The summed E-state index contributed by atoms with van der Waals surface area (Å²) in [5, 5.41) is 3.24. The maximum Gasteiger partial charge on any atom is 0.243 e. The summed E-state index contributed by atoms with van der Waals surface area (Å²) in [5.74, 6) is 0. The summed E-state index contributed by atoms with van der Waals surface area (Å²) >= 11 is 0. The summed E-state index contributed by atoms with van der Waals surface area (Å²) in [6.07, 6.45) is 4.21. The van der Waals surface area contributed by atoms with Crippen LogP contribution in [0.1, 0.15) is 43.7 Å². The van der Waals surface area contributed by atoms with Crippen LogP contribution in [0.15, 0.2) is 23.1 Å². The standard InChI is InChI=1S/C16H26N2O2S/c1-4-17-12-14-10-9-13(2)16(11-14)21(19,20)18(3)15-7-5-6-8-15/h9-11,15,17H,4-8,12H2,1-3H3. The van der Waals surface area contributed by atoms with Crippen molar-refractivity contribution in [3.63, 3.8) is 0 Å². The number of hydrogen-bond acceptors (Lipinski definition) is 3. The maximum atomic E-state index is 12.9. The van der Waals surface area contributed by atoms with Crippen molar-refractivity contribution in [3.05, 3.63) is 29.3 Å². The number of rotatable bonds is 6. The first kappa shape index (κ1) is 16.5. The predicted octanol–water partition coefficient (Wildman–Crippen LogP) is 2.67. The molecule has 0 heterocycles. The van der Waals surface area contributed by atoms with Gasteiger partial charge in [0.1, 0.15) is 0 Å². The molecule has 0 bridgehead atoms. The van der Waals surface area contributed by atoms with Crippen LogP contribution in [0, 0.1) is 6.92 Å². The van der Waals surface area contributed by atoms with E-state index in [1.54, 1.807) is 11.4 Å². The van der Waals surface area contributed by atoms with Crippen molar-refractivity contribution in [1.29, 1.82) is 0 Å². The minimum atomic E-state index is -3.40. The topological polar surface area (TPSA) is 49.4 Å². The van der Waals surface area contributed by atoms with Crippen LogP contribution in [-0.2, 0) is 16.6 Å². The monoisotopic (exact) mass is 310 g/mol. The molecule has 21 heavy (non-hydrogen) atoms. The van der Waals surface area contributed by atoms with Crippen molar-refractivity contribution in [2.45, 2.75) is 57.0 Å². The van der Waals surface area contributed by atoms with E-state index in [1.807, 2.05) is 32.0 Å². The van der Waals surface area contributed by atoms with Gasteiger partial charge in [-0.25, -0.2) is 8.42 Å². The third kappa shape index (κ3) is 3.65. The summed E-state index contributed by atoms with van der Waals surface area (Å²) in [5.41, 5.74) is 1.83. The second-order valence-electron chi connectivity index (χ2n) is 5.84. The molecular formula is C16H26N2O2S. The molecular weight excluding hydrogens is 284 g/mol. The van der Waals surface area contributed by atoms with E-state index in [-0.39, 0.29) is 6.04 Å². The highest BCUT2D eigenvalue weighted by Crippen LogP contribution is 2.28. The fraction of sp³-hybridized carbons (Fsp3) is 0.625. The third-order valence-electron chi connectivity index (χ3n) is 4.33. The van der Waals surface area contributed by atoms with Crippen LogP contribution in [0.3, 0.4) is 0 Å². The first-order chi connectivity index (χ1) is 9.96. The van der Waals surface area contributed by atoms with Crippen molar-refractivity contribution < 1.29 is 8.42 Å². The van der Waals surface area contributed by atoms with Gasteiger partial charge in [0.05, 0.1) is 4.90 Å². The molecule has 2 rings (SSSR count). The van der Waals surface area contributed by atoms with Crippen LogP contribution in [0.5, 0.6) is 0 Å². The average molecular weight is 310 g/mol. The summed E-state index contributed by atoms with van der Waals surface area (Å²) in [6.45, 7) is 5.48. The molecule has 118 valence electrons. The molecule has 1 aliphatic carbocycles. The van der Waals surface area contributed by atoms with E-state index in [0.29, 0.717) is 11.4 Å². The van der Waals surface area contributed by atoms with Crippen molar-refractivity contribution in [2.24, 2.45) is 0 Å². The molecule has 0 unspecified atom stereocenters. The molecule has 0 radical (unpaired) electrons. The van der Waals surface area contributed by atoms with Crippen molar-refractivity contribution >= 4 is 10.0 Å². The summed E-state index contributed by atoms with van der Waals surface area (Å²) in [4.78, 5) is 0.451. The SMILES string of the molecule is CCNCc1ccc(C)c(S(=O)(=O)N(C)C2CCCC2)c1. The van der Waals surface area contributed by atoms with Crippen LogP contribution >= 0.6 is 0 Å². The highest BCUT2D eigenvalue weighted by atomic mass is 32.2. The zero-order valence-electron chi connectivity index (χ0n) is 13.2. The number of benzene rings is 1. The van der Waals surface area contributed by atoms with Gasteiger partial charge in [0.25, 0.3) is 0 Å². The molecule has 0 spiro atoms. The minimum Gasteiger partial charge on any atom is -0.313 e. The molecule has 0 saturated heterocycles. The molecule has 1 saturated carbocycles. The Morgan fingerprint density at radius 1 is 1.29 bits per heavy atom. The van der Waals surface area contributed by atoms with Gasteiger partial charge in [-0.2, -0.15) is 4.31 Å². The first-order valence-electron chi connectivity index (χ1n) is 7.75. The molecule has 0 atom stereocenters. The first-order valence-corrected chi connectivity index (χ1v) is 9.19. The van der Waals surface area contributed by atoms with Crippen LogP contribution < -0.4 is 5.32 Å². The van der Waals surface area contributed by atoms with Crippen LogP contribution in [0.2, 0.25) is 0 Å². The summed E-state index contributed by atoms with van der Waals surface area (Å²) in [7, 11) is -1.67. The van der Waals surface area contributed by atoms with Gasteiger partial charge in [-0.1, -0.05) is 31.9 Å². The zero-order chi connectivity index (χ0) is 15.5. The number of aryl methyl sites for hydroxylation is 1. The van der Waals surface area contributed by atoms with E-state index < -0.39 is 10.0 Å². The third-order valence-corrected chi connectivity index (χ3v) is 6.38. The number of sulfonamides is 1. The van der Waals surface area contributed by atoms with Gasteiger partial charge in [0, 0.05) is 19.6 Å². The van der Waals surface area contributed by atoms with Gasteiger partial charge in [0.2, 0.25) is 10.0 Å². The Bertz CT molecular complexity index is 578. The van der Waals surface area contributed by atoms with Crippen molar-refractivity contribution in [1.82, 2.24) is 9.62 Å². The Hall–Kier alpha value is -0.910. The molecule has 4 nitrogen and oxygen atoms in total. The Morgan fingerprint density at radius 2 is 1.95 bits per heavy atom. The smallest absolute Gasteiger partial charge is 0.243 e. The molecule has 1 aromatic rings. The predicted molar refractivity (Wildman–Crippen MR) is 85.8 cm³/mol. The number of nitrogens with one attached hydrogen (secondary N) is 1. The molecule has 1 fully saturated rings. The lowest BCUT2D eigenvalue weighted by Gasteiger charge is -2.24. The van der Waals surface area contributed by atoms with Crippen LogP contribution in [-0.4, -0.2) is 32.4 Å².